The number of ether oxygens (including phenoxy) is 1. The Kier molecular flexibility index (Phi) is 4.15. The van der Waals surface area contributed by atoms with Crippen LogP contribution in [0.3, 0.4) is 0 Å². The molecule has 0 unspecified atom stereocenters. The summed E-state index contributed by atoms with van der Waals surface area (Å²) in [4.78, 5) is 17.7. The Balaban J connectivity index is 2.25. The van der Waals surface area contributed by atoms with E-state index in [1.54, 1.807) is 24.5 Å². The highest BCUT2D eigenvalue weighted by atomic mass is 32.1. The minimum atomic E-state index is -0.980. The van der Waals surface area contributed by atoms with E-state index < -0.39 is 5.97 Å². The number of aliphatic carboxylic acids is 1. The molecular weight excluding hydrogens is 324 g/mol. The van der Waals surface area contributed by atoms with Crippen LogP contribution in [0, 0.1) is 20.8 Å². The molecule has 2 heterocycles. The average Bonchev–Trinajstić information content (AvgIpc) is 3.02. The lowest BCUT2D eigenvalue weighted by atomic mass is 10.1. The van der Waals surface area contributed by atoms with Gasteiger partial charge in [-0.05, 0) is 50.6 Å². The van der Waals surface area contributed by atoms with Crippen molar-refractivity contribution in [3.8, 4) is 17.0 Å². The zero-order valence-corrected chi connectivity index (χ0v) is 14.8. The number of aryl methyl sites for hydroxylation is 3. The standard InChI is InChI=1S/C18H18N2O3S/c1-10-9-13(5-7-15(10)23-4)17-14(6-8-16(21)22)20-11(2)12(3)24-18(20)19-17/h5-9H,1-4H3,(H,21,22)/b8-6+. The highest BCUT2D eigenvalue weighted by molar-refractivity contribution is 7.17. The van der Waals surface area contributed by atoms with Gasteiger partial charge in [0.15, 0.2) is 4.96 Å². The fourth-order valence-electron chi connectivity index (χ4n) is 2.71. The van der Waals surface area contributed by atoms with Crippen molar-refractivity contribution in [1.29, 1.82) is 0 Å². The minimum Gasteiger partial charge on any atom is -0.496 e. The average molecular weight is 342 g/mol. The van der Waals surface area contributed by atoms with Gasteiger partial charge in [0.25, 0.3) is 0 Å². The van der Waals surface area contributed by atoms with E-state index in [1.165, 1.54) is 4.88 Å². The van der Waals surface area contributed by atoms with Crippen molar-refractivity contribution in [2.45, 2.75) is 20.8 Å². The van der Waals surface area contributed by atoms with Crippen molar-refractivity contribution in [2.24, 2.45) is 0 Å². The number of thiazole rings is 1. The van der Waals surface area contributed by atoms with Gasteiger partial charge in [-0.1, -0.05) is 0 Å². The number of imidazole rings is 1. The quantitative estimate of drug-likeness (QED) is 0.725. The molecule has 3 rings (SSSR count). The van der Waals surface area contributed by atoms with Crippen LogP contribution in [0.1, 0.15) is 21.8 Å². The smallest absolute Gasteiger partial charge is 0.328 e. The van der Waals surface area contributed by atoms with Gasteiger partial charge >= 0.3 is 5.97 Å². The molecule has 1 N–H and O–H groups in total. The van der Waals surface area contributed by atoms with Crippen molar-refractivity contribution < 1.29 is 14.6 Å². The number of hydrogen-bond donors (Lipinski definition) is 1. The maximum Gasteiger partial charge on any atom is 0.328 e. The number of aromatic nitrogens is 2. The summed E-state index contributed by atoms with van der Waals surface area (Å²) in [7, 11) is 1.64. The third-order valence-electron chi connectivity index (χ3n) is 4.02. The first-order chi connectivity index (χ1) is 11.4. The SMILES string of the molecule is COc1ccc(-c2nc3sc(C)c(C)n3c2/C=C/C(=O)O)cc1C. The molecule has 2 aromatic heterocycles. The second-order valence-corrected chi connectivity index (χ2v) is 6.74. The Morgan fingerprint density at radius 1 is 1.33 bits per heavy atom. The molecule has 5 nitrogen and oxygen atoms in total. The molecule has 0 aliphatic carbocycles. The van der Waals surface area contributed by atoms with Crippen molar-refractivity contribution in [3.05, 3.63) is 46.1 Å². The van der Waals surface area contributed by atoms with Crippen LogP contribution in [-0.2, 0) is 4.79 Å². The van der Waals surface area contributed by atoms with E-state index in [2.05, 4.69) is 0 Å². The Hall–Kier alpha value is -2.60. The van der Waals surface area contributed by atoms with Crippen LogP contribution in [0.2, 0.25) is 0 Å². The van der Waals surface area contributed by atoms with Gasteiger partial charge in [0.2, 0.25) is 0 Å². The molecular formula is C18H18N2O3S. The molecule has 0 aliphatic rings. The van der Waals surface area contributed by atoms with Crippen LogP contribution >= 0.6 is 11.3 Å². The lowest BCUT2D eigenvalue weighted by Crippen LogP contribution is -1.93. The van der Waals surface area contributed by atoms with Crippen LogP contribution in [0.25, 0.3) is 22.3 Å². The Morgan fingerprint density at radius 2 is 2.08 bits per heavy atom. The summed E-state index contributed by atoms with van der Waals surface area (Å²) in [5.41, 5.74) is 4.56. The molecule has 124 valence electrons. The normalized spacial score (nSPS) is 11.5. The van der Waals surface area contributed by atoms with Gasteiger partial charge in [-0.3, -0.25) is 4.40 Å². The molecule has 0 radical (unpaired) electrons. The van der Waals surface area contributed by atoms with E-state index in [0.717, 1.165) is 45.0 Å². The molecule has 0 saturated heterocycles. The third kappa shape index (κ3) is 2.69. The number of carboxylic acid groups (broad SMARTS) is 1. The minimum absolute atomic E-state index is 0.771. The zero-order chi connectivity index (χ0) is 17.4. The van der Waals surface area contributed by atoms with E-state index in [-0.39, 0.29) is 0 Å². The first kappa shape index (κ1) is 16.3. The number of nitrogens with zero attached hydrogens (tertiary/aromatic N) is 2. The molecule has 3 aromatic rings. The van der Waals surface area contributed by atoms with Gasteiger partial charge in [0, 0.05) is 22.2 Å². The molecule has 0 saturated carbocycles. The molecule has 1 aromatic carbocycles. The number of rotatable bonds is 4. The van der Waals surface area contributed by atoms with Crippen molar-refractivity contribution >= 4 is 28.3 Å². The molecule has 0 atom stereocenters. The second kappa shape index (κ2) is 6.13. The molecule has 0 amide bonds. The molecule has 6 heteroatoms. The fraction of sp³-hybridized carbons (Fsp3) is 0.222. The predicted molar refractivity (Wildman–Crippen MR) is 95.9 cm³/mol. The summed E-state index contributed by atoms with van der Waals surface area (Å²) in [6, 6.07) is 5.85. The van der Waals surface area contributed by atoms with Gasteiger partial charge < -0.3 is 9.84 Å². The summed E-state index contributed by atoms with van der Waals surface area (Å²) in [6.07, 6.45) is 2.76. The zero-order valence-electron chi connectivity index (χ0n) is 14.0. The molecule has 24 heavy (non-hydrogen) atoms. The van der Waals surface area contributed by atoms with Crippen molar-refractivity contribution in [3.63, 3.8) is 0 Å². The van der Waals surface area contributed by atoms with E-state index in [0.29, 0.717) is 0 Å². The Bertz CT molecular complexity index is 966. The fourth-order valence-corrected chi connectivity index (χ4v) is 3.69. The first-order valence-electron chi connectivity index (χ1n) is 7.47. The predicted octanol–water partition coefficient (Wildman–Crippen LogP) is 4.09. The van der Waals surface area contributed by atoms with E-state index in [4.69, 9.17) is 14.8 Å². The number of carbonyl (C=O) groups is 1. The molecule has 0 aliphatic heterocycles. The highest BCUT2D eigenvalue weighted by Gasteiger charge is 2.17. The number of fused-ring (bicyclic) bond motifs is 1. The van der Waals surface area contributed by atoms with Gasteiger partial charge in [0.05, 0.1) is 18.5 Å². The molecule has 0 bridgehead atoms. The Morgan fingerprint density at radius 3 is 2.71 bits per heavy atom. The lowest BCUT2D eigenvalue weighted by molar-refractivity contribution is -0.131. The third-order valence-corrected chi connectivity index (χ3v) is 5.08. The highest BCUT2D eigenvalue weighted by Crippen LogP contribution is 2.33. The summed E-state index contributed by atoms with van der Waals surface area (Å²) >= 11 is 1.60. The number of methoxy groups -OCH3 is 1. The van der Waals surface area contributed by atoms with E-state index >= 15 is 0 Å². The van der Waals surface area contributed by atoms with Crippen LogP contribution in [0.4, 0.5) is 0 Å². The summed E-state index contributed by atoms with van der Waals surface area (Å²) < 4.78 is 7.32. The molecule has 0 spiro atoms. The van der Waals surface area contributed by atoms with Gasteiger partial charge in [-0.15, -0.1) is 11.3 Å². The Labute approximate surface area is 143 Å². The lowest BCUT2D eigenvalue weighted by Gasteiger charge is -2.07. The van der Waals surface area contributed by atoms with Gasteiger partial charge in [-0.25, -0.2) is 9.78 Å². The first-order valence-corrected chi connectivity index (χ1v) is 8.28. The number of benzene rings is 1. The van der Waals surface area contributed by atoms with Crippen LogP contribution < -0.4 is 4.74 Å². The van der Waals surface area contributed by atoms with Crippen LogP contribution in [0.15, 0.2) is 24.3 Å². The van der Waals surface area contributed by atoms with Gasteiger partial charge in [0.1, 0.15) is 5.75 Å². The van der Waals surface area contributed by atoms with E-state index in [1.807, 2.05) is 43.4 Å². The summed E-state index contributed by atoms with van der Waals surface area (Å²) in [5, 5.41) is 9.00. The molecule has 0 fully saturated rings. The van der Waals surface area contributed by atoms with E-state index in [9.17, 15) is 4.79 Å². The second-order valence-electron chi connectivity index (χ2n) is 5.56. The maximum absolute atomic E-state index is 11.0. The van der Waals surface area contributed by atoms with Crippen LogP contribution in [0.5, 0.6) is 5.75 Å². The largest absolute Gasteiger partial charge is 0.496 e. The van der Waals surface area contributed by atoms with Crippen LogP contribution in [-0.4, -0.2) is 27.6 Å². The van der Waals surface area contributed by atoms with Crippen molar-refractivity contribution in [1.82, 2.24) is 9.38 Å². The topological polar surface area (TPSA) is 63.8 Å². The summed E-state index contributed by atoms with van der Waals surface area (Å²) in [6.45, 7) is 6.03. The monoisotopic (exact) mass is 342 g/mol. The summed E-state index contributed by atoms with van der Waals surface area (Å²) in [5.74, 6) is -0.166. The van der Waals surface area contributed by atoms with Gasteiger partial charge in [-0.2, -0.15) is 0 Å². The maximum atomic E-state index is 11.0. The number of carboxylic acids is 1. The number of hydrogen-bond acceptors (Lipinski definition) is 4. The van der Waals surface area contributed by atoms with Crippen molar-refractivity contribution in [2.75, 3.05) is 7.11 Å².